The van der Waals surface area contributed by atoms with Gasteiger partial charge in [0.05, 0.1) is 6.26 Å². The number of nitrogens with two attached hydrogens (primary N) is 1. The van der Waals surface area contributed by atoms with E-state index in [1.54, 1.807) is 24.3 Å². The smallest absolute Gasteiger partial charge is 0.417 e. The largest absolute Gasteiger partial charge is 0.440 e. The first-order valence-corrected chi connectivity index (χ1v) is 3.95. The highest BCUT2D eigenvalue weighted by atomic mass is 16.5. The number of nitrogens with zero attached hydrogens (tertiary/aromatic N) is 1. The maximum absolute atomic E-state index is 10.9. The Labute approximate surface area is 81.7 Å². The molecule has 1 amide bonds. The van der Waals surface area contributed by atoms with E-state index in [2.05, 4.69) is 16.3 Å². The summed E-state index contributed by atoms with van der Waals surface area (Å²) in [4.78, 5) is 14.4. The lowest BCUT2D eigenvalue weighted by molar-refractivity contribution is 0.197. The molecule has 72 valence electrons. The quantitative estimate of drug-likeness (QED) is 0.438. The van der Waals surface area contributed by atoms with Crippen LogP contribution in [-0.4, -0.2) is 11.9 Å². The van der Waals surface area contributed by atoms with E-state index >= 15 is 0 Å². The lowest BCUT2D eigenvalue weighted by Gasteiger charge is -1.98. The van der Waals surface area contributed by atoms with Crippen LogP contribution in [0.3, 0.4) is 0 Å². The third-order valence-corrected chi connectivity index (χ3v) is 1.47. The molecule has 1 rings (SSSR count). The monoisotopic (exact) mass is 190 g/mol. The van der Waals surface area contributed by atoms with Gasteiger partial charge in [0.1, 0.15) is 5.84 Å². The Kier molecular flexibility index (Phi) is 3.43. The van der Waals surface area contributed by atoms with Crippen LogP contribution in [0, 0.1) is 0 Å². The van der Waals surface area contributed by atoms with E-state index in [-0.39, 0.29) is 5.84 Å². The molecule has 0 aliphatic heterocycles. The Bertz CT molecular complexity index is 358. The Morgan fingerprint density at radius 2 is 2.07 bits per heavy atom. The maximum atomic E-state index is 10.9. The second-order valence-electron chi connectivity index (χ2n) is 2.41. The highest BCUT2D eigenvalue weighted by Crippen LogP contribution is 1.98. The van der Waals surface area contributed by atoms with Gasteiger partial charge in [-0.15, -0.1) is 0 Å². The van der Waals surface area contributed by atoms with Crippen molar-refractivity contribution in [2.45, 2.75) is 0 Å². The number of aliphatic imine (C=N–C) groups is 1. The first kappa shape index (κ1) is 9.98. The van der Waals surface area contributed by atoms with Gasteiger partial charge in [0.15, 0.2) is 0 Å². The van der Waals surface area contributed by atoms with Crippen LogP contribution in [0.1, 0.15) is 5.56 Å². The van der Waals surface area contributed by atoms with Crippen molar-refractivity contribution in [1.82, 2.24) is 0 Å². The van der Waals surface area contributed by atoms with Crippen LogP contribution in [0.2, 0.25) is 0 Å². The number of hydrogen-bond donors (Lipinski definition) is 1. The normalized spacial score (nSPS) is 10.7. The number of ether oxygens (including phenoxy) is 1. The fourth-order valence-electron chi connectivity index (χ4n) is 0.869. The topological polar surface area (TPSA) is 64.7 Å². The Morgan fingerprint density at radius 3 is 2.64 bits per heavy atom. The minimum Gasteiger partial charge on any atom is -0.417 e. The van der Waals surface area contributed by atoms with E-state index < -0.39 is 6.09 Å². The van der Waals surface area contributed by atoms with Crippen LogP contribution in [0.25, 0.3) is 0 Å². The molecule has 0 atom stereocenters. The zero-order chi connectivity index (χ0) is 10.4. The number of benzene rings is 1. The summed E-state index contributed by atoms with van der Waals surface area (Å²) >= 11 is 0. The number of rotatable bonds is 2. The van der Waals surface area contributed by atoms with E-state index in [1.165, 1.54) is 0 Å². The highest BCUT2D eigenvalue weighted by Gasteiger charge is 2.01. The zero-order valence-electron chi connectivity index (χ0n) is 7.51. The van der Waals surface area contributed by atoms with Crippen LogP contribution in [0.4, 0.5) is 4.79 Å². The molecule has 0 aliphatic rings. The van der Waals surface area contributed by atoms with Crippen LogP contribution < -0.4 is 5.73 Å². The van der Waals surface area contributed by atoms with Gasteiger partial charge in [-0.05, 0) is 0 Å². The number of hydrogen-bond acceptors (Lipinski definition) is 2. The molecule has 4 nitrogen and oxygen atoms in total. The van der Waals surface area contributed by atoms with Gasteiger partial charge in [0, 0.05) is 5.56 Å². The molecule has 0 aromatic heterocycles. The summed E-state index contributed by atoms with van der Waals surface area (Å²) in [7, 11) is 0. The predicted molar refractivity (Wildman–Crippen MR) is 53.8 cm³/mol. The van der Waals surface area contributed by atoms with Gasteiger partial charge < -0.3 is 10.5 Å². The molecule has 0 spiro atoms. The molecule has 14 heavy (non-hydrogen) atoms. The van der Waals surface area contributed by atoms with Crippen molar-refractivity contribution in [2.24, 2.45) is 10.7 Å². The zero-order valence-corrected chi connectivity index (χ0v) is 7.51. The molecule has 2 N–H and O–H groups in total. The lowest BCUT2D eigenvalue weighted by Crippen LogP contribution is -2.15. The van der Waals surface area contributed by atoms with E-state index in [0.29, 0.717) is 5.56 Å². The second-order valence-corrected chi connectivity index (χ2v) is 2.41. The van der Waals surface area contributed by atoms with Gasteiger partial charge in [-0.2, -0.15) is 4.99 Å². The van der Waals surface area contributed by atoms with Gasteiger partial charge in [0.25, 0.3) is 0 Å². The predicted octanol–water partition coefficient (Wildman–Crippen LogP) is 1.67. The Hall–Kier alpha value is -2.10. The van der Waals surface area contributed by atoms with Crippen LogP contribution in [0.5, 0.6) is 0 Å². The van der Waals surface area contributed by atoms with Crippen LogP contribution in [0.15, 0.2) is 48.2 Å². The molecule has 0 aliphatic carbocycles. The van der Waals surface area contributed by atoms with Gasteiger partial charge >= 0.3 is 6.09 Å². The van der Waals surface area contributed by atoms with Crippen molar-refractivity contribution in [3.05, 3.63) is 48.7 Å². The van der Waals surface area contributed by atoms with Gasteiger partial charge in [-0.3, -0.25) is 0 Å². The number of carbonyl (C=O) groups is 1. The Balaban J connectivity index is 2.79. The molecule has 0 saturated heterocycles. The summed E-state index contributed by atoms with van der Waals surface area (Å²) in [6.07, 6.45) is 0.228. The van der Waals surface area contributed by atoms with Crippen molar-refractivity contribution in [3.8, 4) is 0 Å². The summed E-state index contributed by atoms with van der Waals surface area (Å²) in [6.45, 7) is 3.23. The molecule has 0 saturated carbocycles. The minimum atomic E-state index is -0.777. The second kappa shape index (κ2) is 4.81. The standard InChI is InChI=1S/C10H10N2O2/c1-2-14-10(13)12-9(11)8-6-4-3-5-7-8/h2-7H,1H2,(H2,11,12,13). The maximum Gasteiger partial charge on any atom is 0.440 e. The van der Waals surface area contributed by atoms with Crippen molar-refractivity contribution >= 4 is 11.9 Å². The minimum absolute atomic E-state index is 0.123. The van der Waals surface area contributed by atoms with Crippen LogP contribution in [-0.2, 0) is 4.74 Å². The molecular weight excluding hydrogens is 180 g/mol. The van der Waals surface area contributed by atoms with E-state index in [4.69, 9.17) is 5.73 Å². The number of carbonyl (C=O) groups excluding carboxylic acids is 1. The molecule has 0 unspecified atom stereocenters. The van der Waals surface area contributed by atoms with Gasteiger partial charge in [0.2, 0.25) is 0 Å². The molecular formula is C10H10N2O2. The first-order chi connectivity index (χ1) is 6.74. The fraction of sp³-hybridized carbons (Fsp3) is 0. The molecule has 0 radical (unpaired) electrons. The Morgan fingerprint density at radius 1 is 1.43 bits per heavy atom. The average molecular weight is 190 g/mol. The first-order valence-electron chi connectivity index (χ1n) is 3.95. The molecule has 1 aromatic carbocycles. The average Bonchev–Trinajstić information content (AvgIpc) is 2.19. The van der Waals surface area contributed by atoms with E-state index in [1.807, 2.05) is 6.07 Å². The molecule has 0 bridgehead atoms. The summed E-state index contributed by atoms with van der Waals surface area (Å²) in [5, 5.41) is 0. The van der Waals surface area contributed by atoms with Crippen molar-refractivity contribution in [3.63, 3.8) is 0 Å². The van der Waals surface area contributed by atoms with E-state index in [9.17, 15) is 4.79 Å². The molecule has 0 fully saturated rings. The van der Waals surface area contributed by atoms with Gasteiger partial charge in [-0.25, -0.2) is 4.79 Å². The summed E-state index contributed by atoms with van der Waals surface area (Å²) in [5.74, 6) is 0.123. The summed E-state index contributed by atoms with van der Waals surface area (Å²) < 4.78 is 4.39. The third kappa shape index (κ3) is 2.75. The molecule has 4 heteroatoms. The lowest BCUT2D eigenvalue weighted by atomic mass is 10.2. The summed E-state index contributed by atoms with van der Waals surface area (Å²) in [5.41, 5.74) is 6.22. The third-order valence-electron chi connectivity index (χ3n) is 1.47. The van der Waals surface area contributed by atoms with Gasteiger partial charge in [-0.1, -0.05) is 36.9 Å². The van der Waals surface area contributed by atoms with E-state index in [0.717, 1.165) is 6.26 Å². The highest BCUT2D eigenvalue weighted by molar-refractivity contribution is 6.02. The molecule has 0 heterocycles. The number of amides is 1. The number of amidine groups is 1. The van der Waals surface area contributed by atoms with Crippen molar-refractivity contribution in [1.29, 1.82) is 0 Å². The fourth-order valence-corrected chi connectivity index (χ4v) is 0.869. The van der Waals surface area contributed by atoms with Crippen molar-refractivity contribution in [2.75, 3.05) is 0 Å². The van der Waals surface area contributed by atoms with Crippen molar-refractivity contribution < 1.29 is 9.53 Å². The summed E-state index contributed by atoms with van der Waals surface area (Å²) in [6, 6.07) is 8.95. The van der Waals surface area contributed by atoms with Crippen LogP contribution >= 0.6 is 0 Å². The molecule has 1 aromatic rings. The SMILES string of the molecule is C=COC(=O)N=C(N)c1ccccc1.